The predicted molar refractivity (Wildman–Crippen MR) is 97.2 cm³/mol. The average molecular weight is 358 g/mol. The summed E-state index contributed by atoms with van der Waals surface area (Å²) in [5.41, 5.74) is 0.318. The van der Waals surface area contributed by atoms with Gasteiger partial charge >= 0.3 is 12.0 Å². The van der Waals surface area contributed by atoms with Crippen LogP contribution in [-0.4, -0.2) is 37.7 Å². The van der Waals surface area contributed by atoms with Crippen LogP contribution in [0.4, 0.5) is 4.79 Å². The molecule has 7 heteroatoms. The van der Waals surface area contributed by atoms with Gasteiger partial charge in [0.15, 0.2) is 6.61 Å². The Labute approximate surface area is 151 Å². The number of methoxy groups -OCH3 is 1. The van der Waals surface area contributed by atoms with Crippen molar-refractivity contribution in [2.75, 3.05) is 13.7 Å². The minimum atomic E-state index is -0.697. The van der Waals surface area contributed by atoms with Crippen molar-refractivity contribution < 1.29 is 23.9 Å². The van der Waals surface area contributed by atoms with Crippen molar-refractivity contribution in [1.82, 2.24) is 10.6 Å². The maximum atomic E-state index is 12.3. The highest BCUT2D eigenvalue weighted by Gasteiger charge is 2.16. The normalized spacial score (nSPS) is 11.5. The molecule has 0 fully saturated rings. The number of carbonyl (C=O) groups is 3. The van der Waals surface area contributed by atoms with Crippen LogP contribution in [0.5, 0.6) is 5.75 Å². The summed E-state index contributed by atoms with van der Waals surface area (Å²) in [6.07, 6.45) is 0.737. The molecule has 0 radical (unpaired) electrons. The molecule has 0 saturated heterocycles. The Hall–Kier alpha value is -3.09. The zero-order chi connectivity index (χ0) is 19.1. The summed E-state index contributed by atoms with van der Waals surface area (Å²) in [5.74, 6) is -0.713. The van der Waals surface area contributed by atoms with Crippen molar-refractivity contribution in [3.05, 3.63) is 42.0 Å². The summed E-state index contributed by atoms with van der Waals surface area (Å²) in [4.78, 5) is 35.7. The van der Waals surface area contributed by atoms with E-state index in [4.69, 9.17) is 9.47 Å². The van der Waals surface area contributed by atoms with Crippen molar-refractivity contribution in [1.29, 1.82) is 0 Å². The van der Waals surface area contributed by atoms with Gasteiger partial charge in [-0.15, -0.1) is 0 Å². The lowest BCUT2D eigenvalue weighted by molar-refractivity contribution is -0.123. The molecule has 0 unspecified atom stereocenters. The summed E-state index contributed by atoms with van der Waals surface area (Å²) in [7, 11) is 1.55. The van der Waals surface area contributed by atoms with Crippen LogP contribution < -0.4 is 15.4 Å². The highest BCUT2D eigenvalue weighted by Crippen LogP contribution is 2.28. The van der Waals surface area contributed by atoms with Gasteiger partial charge in [-0.1, -0.05) is 31.2 Å². The van der Waals surface area contributed by atoms with Crippen LogP contribution in [0.1, 0.15) is 30.6 Å². The fraction of sp³-hybridized carbons (Fsp3) is 0.316. The Bertz CT molecular complexity index is 819. The predicted octanol–water partition coefficient (Wildman–Crippen LogP) is 2.63. The number of hydrogen-bond donors (Lipinski definition) is 2. The molecule has 0 aliphatic carbocycles. The van der Waals surface area contributed by atoms with E-state index < -0.39 is 24.5 Å². The average Bonchev–Trinajstić information content (AvgIpc) is 2.64. The molecule has 0 spiro atoms. The van der Waals surface area contributed by atoms with E-state index in [1.807, 2.05) is 26.0 Å². The Morgan fingerprint density at radius 2 is 1.77 bits per heavy atom. The van der Waals surface area contributed by atoms with Crippen LogP contribution in [0.15, 0.2) is 36.4 Å². The van der Waals surface area contributed by atoms with Crippen LogP contribution in [0.3, 0.4) is 0 Å². The van der Waals surface area contributed by atoms with Crippen LogP contribution in [0, 0.1) is 0 Å². The van der Waals surface area contributed by atoms with Crippen molar-refractivity contribution in [3.8, 4) is 5.75 Å². The van der Waals surface area contributed by atoms with E-state index >= 15 is 0 Å². The fourth-order valence-electron chi connectivity index (χ4n) is 2.36. The molecule has 0 aliphatic rings. The summed E-state index contributed by atoms with van der Waals surface area (Å²) >= 11 is 0. The number of urea groups is 1. The summed E-state index contributed by atoms with van der Waals surface area (Å²) in [5, 5.41) is 6.14. The largest absolute Gasteiger partial charge is 0.496 e. The highest BCUT2D eigenvalue weighted by atomic mass is 16.5. The maximum absolute atomic E-state index is 12.3. The number of carbonyl (C=O) groups excluding carboxylic acids is 3. The molecule has 2 rings (SSSR count). The van der Waals surface area contributed by atoms with Crippen molar-refractivity contribution in [3.63, 3.8) is 0 Å². The zero-order valence-corrected chi connectivity index (χ0v) is 15.0. The molecular formula is C19H22N2O5. The molecule has 0 bridgehead atoms. The third kappa shape index (κ3) is 4.72. The Balaban J connectivity index is 2.01. The van der Waals surface area contributed by atoms with Crippen molar-refractivity contribution >= 4 is 28.7 Å². The number of fused-ring (bicyclic) bond motifs is 1. The maximum Gasteiger partial charge on any atom is 0.339 e. The molecule has 3 amide bonds. The SMILES string of the molecule is CC[C@H](C)NC(=O)NC(=O)COC(=O)c1ccc(OC)c2ccccc12. The lowest BCUT2D eigenvalue weighted by Gasteiger charge is -2.12. The quantitative estimate of drug-likeness (QED) is 0.774. The molecule has 26 heavy (non-hydrogen) atoms. The molecule has 7 nitrogen and oxygen atoms in total. The minimum absolute atomic E-state index is 0.0592. The van der Waals surface area contributed by atoms with Gasteiger partial charge in [-0.3, -0.25) is 10.1 Å². The van der Waals surface area contributed by atoms with E-state index in [-0.39, 0.29) is 6.04 Å². The van der Waals surface area contributed by atoms with Gasteiger partial charge < -0.3 is 14.8 Å². The van der Waals surface area contributed by atoms with E-state index in [0.717, 1.165) is 11.8 Å². The fourth-order valence-corrected chi connectivity index (χ4v) is 2.36. The molecule has 1 atom stereocenters. The topological polar surface area (TPSA) is 93.7 Å². The van der Waals surface area contributed by atoms with Crippen LogP contribution >= 0.6 is 0 Å². The third-order valence-corrected chi connectivity index (χ3v) is 3.90. The van der Waals surface area contributed by atoms with Crippen LogP contribution in [0.2, 0.25) is 0 Å². The minimum Gasteiger partial charge on any atom is -0.496 e. The number of imide groups is 1. The molecule has 0 heterocycles. The first-order chi connectivity index (χ1) is 12.5. The van der Waals surface area contributed by atoms with Gasteiger partial charge in [0.1, 0.15) is 5.75 Å². The first-order valence-electron chi connectivity index (χ1n) is 8.29. The summed E-state index contributed by atoms with van der Waals surface area (Å²) < 4.78 is 10.3. The molecule has 0 saturated carbocycles. The number of hydrogen-bond acceptors (Lipinski definition) is 5. The van der Waals surface area contributed by atoms with Gasteiger partial charge in [0.2, 0.25) is 0 Å². The highest BCUT2D eigenvalue weighted by molar-refractivity contribution is 6.07. The van der Waals surface area contributed by atoms with Gasteiger partial charge in [-0.25, -0.2) is 9.59 Å². The number of rotatable bonds is 6. The summed E-state index contributed by atoms with van der Waals surface area (Å²) in [6.45, 7) is 3.18. The van der Waals surface area contributed by atoms with Gasteiger partial charge in [-0.2, -0.15) is 0 Å². The summed E-state index contributed by atoms with van der Waals surface area (Å²) in [6, 6.07) is 9.81. The first-order valence-corrected chi connectivity index (χ1v) is 8.29. The molecule has 2 aromatic rings. The monoisotopic (exact) mass is 358 g/mol. The second-order valence-electron chi connectivity index (χ2n) is 5.77. The number of esters is 1. The molecule has 2 N–H and O–H groups in total. The van der Waals surface area contributed by atoms with Gasteiger partial charge in [0.25, 0.3) is 5.91 Å². The third-order valence-electron chi connectivity index (χ3n) is 3.90. The van der Waals surface area contributed by atoms with Crippen molar-refractivity contribution in [2.24, 2.45) is 0 Å². The molecule has 0 aliphatic heterocycles. The number of ether oxygens (including phenoxy) is 2. The smallest absolute Gasteiger partial charge is 0.339 e. The number of benzene rings is 2. The molecular weight excluding hydrogens is 336 g/mol. The second kappa shape index (κ2) is 8.84. The van der Waals surface area contributed by atoms with E-state index in [0.29, 0.717) is 16.7 Å². The van der Waals surface area contributed by atoms with E-state index in [1.165, 1.54) is 0 Å². The van der Waals surface area contributed by atoms with Gasteiger partial charge in [-0.05, 0) is 30.9 Å². The molecule has 2 aromatic carbocycles. The molecule has 138 valence electrons. The van der Waals surface area contributed by atoms with E-state index in [9.17, 15) is 14.4 Å². The van der Waals surface area contributed by atoms with E-state index in [2.05, 4.69) is 10.6 Å². The Kier molecular flexibility index (Phi) is 6.54. The van der Waals surface area contributed by atoms with E-state index in [1.54, 1.807) is 31.4 Å². The Morgan fingerprint density at radius 3 is 2.42 bits per heavy atom. The second-order valence-corrected chi connectivity index (χ2v) is 5.77. The van der Waals surface area contributed by atoms with Gasteiger partial charge in [0, 0.05) is 11.4 Å². The number of amides is 3. The first kappa shape index (κ1) is 19.2. The van der Waals surface area contributed by atoms with Gasteiger partial charge in [0.05, 0.1) is 12.7 Å². The standard InChI is InChI=1S/C19H22N2O5/c1-4-12(2)20-19(24)21-17(22)11-26-18(23)15-9-10-16(25-3)14-8-6-5-7-13(14)15/h5-10,12H,4,11H2,1-3H3,(H2,20,21,22,24)/t12-/m0/s1. The number of nitrogens with one attached hydrogen (secondary N) is 2. The molecule has 0 aromatic heterocycles. The Morgan fingerprint density at radius 1 is 1.08 bits per heavy atom. The van der Waals surface area contributed by atoms with Crippen LogP contribution in [-0.2, 0) is 9.53 Å². The van der Waals surface area contributed by atoms with Crippen LogP contribution in [0.25, 0.3) is 10.8 Å². The van der Waals surface area contributed by atoms with Crippen molar-refractivity contribution in [2.45, 2.75) is 26.3 Å². The lowest BCUT2D eigenvalue weighted by Crippen LogP contribution is -2.44. The zero-order valence-electron chi connectivity index (χ0n) is 15.0. The lowest BCUT2D eigenvalue weighted by atomic mass is 10.0.